The number of rotatable bonds is 13. The summed E-state index contributed by atoms with van der Waals surface area (Å²) in [5, 5.41) is 0. The summed E-state index contributed by atoms with van der Waals surface area (Å²) in [6, 6.07) is 20.4. The minimum Gasteiger partial charge on any atom is -0.465 e. The van der Waals surface area contributed by atoms with E-state index in [1.54, 1.807) is 0 Å². The molecule has 0 atom stereocenters. The fourth-order valence-electron chi connectivity index (χ4n) is 3.19. The number of carbonyl (C=O) groups excluding carboxylic acids is 1. The second-order valence-electron chi connectivity index (χ2n) is 6.88. The van der Waals surface area contributed by atoms with Gasteiger partial charge in [-0.05, 0) is 37.1 Å². The number of ether oxygens (including phenoxy) is 1. The lowest BCUT2D eigenvalue weighted by Gasteiger charge is -2.18. The summed E-state index contributed by atoms with van der Waals surface area (Å²) in [6.07, 6.45) is 1.42. The molecular weight excluding hydrogens is 366 g/mol. The minimum atomic E-state index is -0.148. The molecule has 0 amide bonds. The summed E-state index contributed by atoms with van der Waals surface area (Å²) in [7, 11) is 0. The van der Waals surface area contributed by atoms with Crippen LogP contribution in [0.15, 0.2) is 60.7 Å². The molecule has 0 spiro atoms. The zero-order valence-electron chi connectivity index (χ0n) is 17.2. The van der Waals surface area contributed by atoms with Gasteiger partial charge in [0.25, 0.3) is 0 Å². The number of esters is 1. The minimum absolute atomic E-state index is 0.0861. The van der Waals surface area contributed by atoms with Crippen LogP contribution in [0.3, 0.4) is 0 Å². The number of carbonyl (C=O) groups is 1. The van der Waals surface area contributed by atoms with Gasteiger partial charge < -0.3 is 9.64 Å². The smallest absolute Gasteiger partial charge is 0.309 e. The van der Waals surface area contributed by atoms with Crippen molar-refractivity contribution < 1.29 is 9.53 Å². The van der Waals surface area contributed by atoms with Gasteiger partial charge in [-0.2, -0.15) is 11.8 Å². The second-order valence-corrected chi connectivity index (χ2v) is 8.11. The van der Waals surface area contributed by atoms with Gasteiger partial charge in [-0.15, -0.1) is 0 Å². The molecule has 0 aromatic heterocycles. The van der Waals surface area contributed by atoms with Crippen molar-refractivity contribution in [2.75, 3.05) is 37.7 Å². The zero-order chi connectivity index (χ0) is 20.0. The first kappa shape index (κ1) is 22.5. The highest BCUT2D eigenvalue weighted by atomic mass is 32.2. The first-order valence-corrected chi connectivity index (χ1v) is 11.4. The highest BCUT2D eigenvalue weighted by molar-refractivity contribution is 7.99. The molecule has 2 rings (SSSR count). The number of hydrogen-bond donors (Lipinski definition) is 0. The average molecular weight is 400 g/mol. The molecular formula is C24H33NO2S. The Hall–Kier alpha value is -1.78. The molecule has 0 aliphatic carbocycles. The lowest BCUT2D eigenvalue weighted by molar-refractivity contribution is -0.147. The van der Waals surface area contributed by atoms with Gasteiger partial charge in [0.2, 0.25) is 0 Å². The quantitative estimate of drug-likeness (QED) is 0.360. The molecule has 0 saturated heterocycles. The lowest BCUT2D eigenvalue weighted by Crippen LogP contribution is -2.26. The Labute approximate surface area is 174 Å². The maximum absolute atomic E-state index is 12.7. The van der Waals surface area contributed by atoms with Gasteiger partial charge in [-0.1, -0.05) is 74.5 Å². The Kier molecular flexibility index (Phi) is 10.8. The number of hydrogen-bond acceptors (Lipinski definition) is 4. The van der Waals surface area contributed by atoms with Gasteiger partial charge in [-0.3, -0.25) is 4.79 Å². The Morgan fingerprint density at radius 1 is 0.893 bits per heavy atom. The molecule has 28 heavy (non-hydrogen) atoms. The molecule has 2 aromatic carbocycles. The largest absolute Gasteiger partial charge is 0.465 e. The first-order chi connectivity index (χ1) is 13.7. The maximum Gasteiger partial charge on any atom is 0.309 e. The van der Waals surface area contributed by atoms with E-state index in [-0.39, 0.29) is 11.9 Å². The maximum atomic E-state index is 12.7. The zero-order valence-corrected chi connectivity index (χ0v) is 18.0. The normalized spacial score (nSPS) is 11.1. The topological polar surface area (TPSA) is 29.5 Å². The molecule has 0 heterocycles. The van der Waals surface area contributed by atoms with E-state index in [0.717, 1.165) is 31.1 Å². The third-order valence-electron chi connectivity index (χ3n) is 4.90. The molecule has 0 bridgehead atoms. The van der Waals surface area contributed by atoms with E-state index in [9.17, 15) is 4.79 Å². The van der Waals surface area contributed by atoms with Crippen LogP contribution in [0.5, 0.6) is 0 Å². The number of benzene rings is 2. The molecule has 0 fully saturated rings. The SMILES string of the molecule is CCN(CC)CCSCCOC(=O)C(Cc1ccccc1)Cc1ccccc1. The van der Waals surface area contributed by atoms with Crippen LogP contribution in [0.1, 0.15) is 25.0 Å². The summed E-state index contributed by atoms with van der Waals surface area (Å²) < 4.78 is 5.63. The lowest BCUT2D eigenvalue weighted by atomic mass is 9.92. The third-order valence-corrected chi connectivity index (χ3v) is 5.83. The van der Waals surface area contributed by atoms with E-state index in [0.29, 0.717) is 19.4 Å². The summed E-state index contributed by atoms with van der Waals surface area (Å²) >= 11 is 1.86. The van der Waals surface area contributed by atoms with Crippen molar-refractivity contribution in [3.63, 3.8) is 0 Å². The van der Waals surface area contributed by atoms with Gasteiger partial charge in [0.15, 0.2) is 0 Å². The molecule has 0 unspecified atom stereocenters. The van der Waals surface area contributed by atoms with Crippen LogP contribution in [0.4, 0.5) is 0 Å². The monoisotopic (exact) mass is 399 g/mol. The first-order valence-electron chi connectivity index (χ1n) is 10.3. The van der Waals surface area contributed by atoms with E-state index in [1.807, 2.05) is 48.2 Å². The van der Waals surface area contributed by atoms with E-state index in [4.69, 9.17) is 4.74 Å². The predicted molar refractivity (Wildman–Crippen MR) is 120 cm³/mol. The van der Waals surface area contributed by atoms with Crippen LogP contribution in [0.25, 0.3) is 0 Å². The summed E-state index contributed by atoms with van der Waals surface area (Å²) in [6.45, 7) is 8.14. The Morgan fingerprint density at radius 2 is 1.43 bits per heavy atom. The molecule has 0 saturated carbocycles. The Bertz CT molecular complexity index is 617. The van der Waals surface area contributed by atoms with Crippen LogP contribution in [0, 0.1) is 5.92 Å². The molecule has 0 aliphatic heterocycles. The summed E-state index contributed by atoms with van der Waals surface area (Å²) in [4.78, 5) is 15.2. The molecule has 0 aliphatic rings. The molecule has 2 aromatic rings. The number of nitrogens with zero attached hydrogens (tertiary/aromatic N) is 1. The van der Waals surface area contributed by atoms with Gasteiger partial charge in [-0.25, -0.2) is 0 Å². The molecule has 4 heteroatoms. The van der Waals surface area contributed by atoms with Gasteiger partial charge in [0.1, 0.15) is 6.61 Å². The average Bonchev–Trinajstić information content (AvgIpc) is 2.74. The Morgan fingerprint density at radius 3 is 1.93 bits per heavy atom. The van der Waals surface area contributed by atoms with Crippen molar-refractivity contribution in [3.05, 3.63) is 71.8 Å². The van der Waals surface area contributed by atoms with Crippen molar-refractivity contribution in [2.45, 2.75) is 26.7 Å². The van der Waals surface area contributed by atoms with Crippen molar-refractivity contribution in [1.29, 1.82) is 0 Å². The van der Waals surface area contributed by atoms with E-state index < -0.39 is 0 Å². The fourth-order valence-corrected chi connectivity index (χ4v) is 3.98. The van der Waals surface area contributed by atoms with Crippen LogP contribution >= 0.6 is 11.8 Å². The summed E-state index contributed by atoms with van der Waals surface area (Å²) in [5.41, 5.74) is 2.35. The Balaban J connectivity index is 1.81. The molecule has 0 radical (unpaired) electrons. The van der Waals surface area contributed by atoms with Crippen LogP contribution in [-0.2, 0) is 22.4 Å². The van der Waals surface area contributed by atoms with Gasteiger partial charge in [0.05, 0.1) is 5.92 Å². The van der Waals surface area contributed by atoms with Crippen LogP contribution < -0.4 is 0 Å². The highest BCUT2D eigenvalue weighted by Crippen LogP contribution is 2.17. The molecule has 3 nitrogen and oxygen atoms in total. The van der Waals surface area contributed by atoms with Crippen molar-refractivity contribution >= 4 is 17.7 Å². The van der Waals surface area contributed by atoms with Crippen molar-refractivity contribution in [3.8, 4) is 0 Å². The van der Waals surface area contributed by atoms with E-state index >= 15 is 0 Å². The van der Waals surface area contributed by atoms with Crippen molar-refractivity contribution in [1.82, 2.24) is 4.90 Å². The van der Waals surface area contributed by atoms with Gasteiger partial charge >= 0.3 is 5.97 Å². The highest BCUT2D eigenvalue weighted by Gasteiger charge is 2.21. The predicted octanol–water partition coefficient (Wildman–Crippen LogP) is 4.71. The molecule has 152 valence electrons. The van der Waals surface area contributed by atoms with Crippen LogP contribution in [0.2, 0.25) is 0 Å². The standard InChI is InChI=1S/C24H33NO2S/c1-3-25(4-2)15-17-28-18-16-27-24(26)23(19-21-11-7-5-8-12-21)20-22-13-9-6-10-14-22/h5-14,23H,3-4,15-20H2,1-2H3. The van der Waals surface area contributed by atoms with Crippen molar-refractivity contribution in [2.24, 2.45) is 5.92 Å². The van der Waals surface area contributed by atoms with Gasteiger partial charge in [0, 0.05) is 18.1 Å². The van der Waals surface area contributed by atoms with Crippen LogP contribution in [-0.4, -0.2) is 48.6 Å². The third kappa shape index (κ3) is 8.49. The van der Waals surface area contributed by atoms with E-state index in [1.165, 1.54) is 11.1 Å². The fraction of sp³-hybridized carbons (Fsp3) is 0.458. The number of thioether (sulfide) groups is 1. The second kappa shape index (κ2) is 13.4. The van der Waals surface area contributed by atoms with E-state index in [2.05, 4.69) is 43.0 Å². The summed E-state index contributed by atoms with van der Waals surface area (Å²) in [5.74, 6) is 1.70. The molecule has 0 N–H and O–H groups in total.